The van der Waals surface area contributed by atoms with Crippen molar-refractivity contribution in [1.82, 2.24) is 0 Å². The number of aliphatic hydroxyl groups is 1. The van der Waals surface area contributed by atoms with Gasteiger partial charge in [0, 0.05) is 0 Å². The van der Waals surface area contributed by atoms with Crippen LogP contribution >= 0.6 is 0 Å². The quantitative estimate of drug-likeness (QED) is 0.331. The fourth-order valence-electron chi connectivity index (χ4n) is 0.601. The van der Waals surface area contributed by atoms with Gasteiger partial charge in [-0.25, -0.2) is 0 Å². The highest BCUT2D eigenvalue weighted by Gasteiger charge is 2.33. The Morgan fingerprint density at radius 2 is 2.33 bits per heavy atom. The molecule has 2 atom stereocenters. The van der Waals surface area contributed by atoms with Crippen molar-refractivity contribution in [2.24, 2.45) is 0 Å². The lowest BCUT2D eigenvalue weighted by atomic mass is 9.94. The Kier molecular flexibility index (Phi) is 1.33. The molecule has 2 radical (unpaired) electrons. The van der Waals surface area contributed by atoms with Crippen molar-refractivity contribution in [3.05, 3.63) is 12.3 Å². The molecule has 46 valence electrons. The van der Waals surface area contributed by atoms with E-state index < -0.39 is 17.9 Å². The van der Waals surface area contributed by atoms with Crippen LogP contribution < -0.4 is 0 Å². The molecule has 0 aromatic carbocycles. The van der Waals surface area contributed by atoms with Gasteiger partial charge in [0.1, 0.15) is 14.0 Å². The van der Waals surface area contributed by atoms with Crippen LogP contribution in [0.2, 0.25) is 0 Å². The first-order valence-corrected chi connectivity index (χ1v) is 2.46. The van der Waals surface area contributed by atoms with Crippen LogP contribution in [0.5, 0.6) is 0 Å². The zero-order valence-corrected chi connectivity index (χ0v) is 4.70. The van der Waals surface area contributed by atoms with Gasteiger partial charge in [-0.3, -0.25) is 4.79 Å². The third-order valence-corrected chi connectivity index (χ3v) is 1.13. The Hall–Kier alpha value is -0.765. The summed E-state index contributed by atoms with van der Waals surface area (Å²) in [5.74, 6) is -0.586. The SMILES string of the molecule is [B][C@@H]1OC(=C)C(=O)[C@H]1O. The summed E-state index contributed by atoms with van der Waals surface area (Å²) in [5, 5.41) is 8.78. The first kappa shape index (κ1) is 6.36. The van der Waals surface area contributed by atoms with E-state index in [1.807, 2.05) is 0 Å². The van der Waals surface area contributed by atoms with Gasteiger partial charge in [-0.05, 0) is 0 Å². The van der Waals surface area contributed by atoms with Crippen LogP contribution in [-0.4, -0.2) is 30.8 Å². The number of rotatable bonds is 0. The van der Waals surface area contributed by atoms with Gasteiger partial charge in [0.05, 0.1) is 6.00 Å². The molecule has 1 aliphatic heterocycles. The molecular formula is C5H5BO3. The van der Waals surface area contributed by atoms with E-state index in [0.29, 0.717) is 0 Å². The van der Waals surface area contributed by atoms with E-state index >= 15 is 0 Å². The second-order valence-electron chi connectivity index (χ2n) is 1.81. The van der Waals surface area contributed by atoms with E-state index in [1.165, 1.54) is 0 Å². The van der Waals surface area contributed by atoms with Gasteiger partial charge in [0.15, 0.2) is 5.76 Å². The van der Waals surface area contributed by atoms with Gasteiger partial charge in [-0.1, -0.05) is 6.58 Å². The van der Waals surface area contributed by atoms with Crippen molar-refractivity contribution >= 4 is 13.6 Å². The molecule has 1 heterocycles. The molecule has 4 heteroatoms. The minimum Gasteiger partial charge on any atom is -0.494 e. The molecule has 3 nitrogen and oxygen atoms in total. The van der Waals surface area contributed by atoms with Gasteiger partial charge in [0.25, 0.3) is 0 Å². The van der Waals surface area contributed by atoms with Crippen molar-refractivity contribution in [3.63, 3.8) is 0 Å². The molecule has 0 unspecified atom stereocenters. The molecule has 0 bridgehead atoms. The second kappa shape index (κ2) is 1.88. The van der Waals surface area contributed by atoms with Crippen LogP contribution in [-0.2, 0) is 9.53 Å². The maximum Gasteiger partial charge on any atom is 0.227 e. The first-order valence-electron chi connectivity index (χ1n) is 2.46. The van der Waals surface area contributed by atoms with E-state index in [0.717, 1.165) is 0 Å². The molecule has 1 aliphatic rings. The largest absolute Gasteiger partial charge is 0.494 e. The van der Waals surface area contributed by atoms with Gasteiger partial charge in [-0.2, -0.15) is 0 Å². The number of carbonyl (C=O) groups excluding carboxylic acids is 1. The van der Waals surface area contributed by atoms with Crippen LogP contribution in [0.15, 0.2) is 12.3 Å². The lowest BCUT2D eigenvalue weighted by Crippen LogP contribution is -2.25. The molecule has 1 saturated heterocycles. The topological polar surface area (TPSA) is 46.5 Å². The van der Waals surface area contributed by atoms with Gasteiger partial charge in [0.2, 0.25) is 5.78 Å². The smallest absolute Gasteiger partial charge is 0.227 e. The Bertz CT molecular complexity index is 166. The number of hydrogen-bond acceptors (Lipinski definition) is 3. The van der Waals surface area contributed by atoms with Crippen LogP contribution in [0.3, 0.4) is 0 Å². The number of ether oxygens (including phenoxy) is 1. The summed E-state index contributed by atoms with van der Waals surface area (Å²) >= 11 is 0. The minimum absolute atomic E-state index is 0.0602. The Morgan fingerprint density at radius 1 is 1.78 bits per heavy atom. The molecule has 9 heavy (non-hydrogen) atoms. The van der Waals surface area contributed by atoms with Gasteiger partial charge < -0.3 is 9.84 Å². The summed E-state index contributed by atoms with van der Waals surface area (Å²) in [7, 11) is 5.11. The molecule has 1 fully saturated rings. The number of Topliss-reactive ketones (excluding diaryl/α,β-unsaturated/α-hetero) is 1. The highest BCUT2D eigenvalue weighted by atomic mass is 16.5. The van der Waals surface area contributed by atoms with Crippen molar-refractivity contribution in [1.29, 1.82) is 0 Å². The zero-order chi connectivity index (χ0) is 7.02. The lowest BCUT2D eigenvalue weighted by Gasteiger charge is -2.03. The molecule has 1 rings (SSSR count). The van der Waals surface area contributed by atoms with Crippen LogP contribution in [0, 0.1) is 0 Å². The van der Waals surface area contributed by atoms with E-state index in [9.17, 15) is 4.79 Å². The van der Waals surface area contributed by atoms with Crippen LogP contribution in [0.4, 0.5) is 0 Å². The van der Waals surface area contributed by atoms with E-state index in [2.05, 4.69) is 11.3 Å². The fourth-order valence-corrected chi connectivity index (χ4v) is 0.601. The maximum atomic E-state index is 10.6. The summed E-state index contributed by atoms with van der Waals surface area (Å²) in [5.41, 5.74) is 0. The third kappa shape index (κ3) is 0.854. The van der Waals surface area contributed by atoms with E-state index in [-0.39, 0.29) is 5.76 Å². The third-order valence-electron chi connectivity index (χ3n) is 1.13. The van der Waals surface area contributed by atoms with Crippen LogP contribution in [0.25, 0.3) is 0 Å². The van der Waals surface area contributed by atoms with E-state index in [4.69, 9.17) is 13.0 Å². The maximum absolute atomic E-state index is 10.6. The van der Waals surface area contributed by atoms with Crippen molar-refractivity contribution in [3.8, 4) is 0 Å². The zero-order valence-electron chi connectivity index (χ0n) is 4.70. The van der Waals surface area contributed by atoms with Crippen LogP contribution in [0.1, 0.15) is 0 Å². The van der Waals surface area contributed by atoms with Crippen molar-refractivity contribution in [2.75, 3.05) is 0 Å². The second-order valence-corrected chi connectivity index (χ2v) is 1.81. The number of ketones is 1. The fraction of sp³-hybridized carbons (Fsp3) is 0.400. The molecule has 0 amide bonds. The summed E-state index contributed by atoms with van der Waals surface area (Å²) in [6.07, 6.45) is -1.22. The van der Waals surface area contributed by atoms with Crippen molar-refractivity contribution < 1.29 is 14.6 Å². The number of aliphatic hydroxyl groups excluding tert-OH is 1. The predicted molar refractivity (Wildman–Crippen MR) is 30.8 cm³/mol. The summed E-state index contributed by atoms with van der Waals surface area (Å²) in [4.78, 5) is 10.6. The molecule has 0 aromatic heterocycles. The van der Waals surface area contributed by atoms with Crippen molar-refractivity contribution in [2.45, 2.75) is 12.1 Å². The summed E-state index contributed by atoms with van der Waals surface area (Å²) in [6.45, 7) is 3.22. The number of carbonyl (C=O) groups is 1. The molecule has 0 spiro atoms. The Labute approximate surface area is 53.7 Å². The standard InChI is InChI=1S/C5H5BO3/c1-2-3(7)4(8)5(6)9-2/h4-5,8H,1H2/t4-,5-/m1/s1. The van der Waals surface area contributed by atoms with E-state index in [1.54, 1.807) is 0 Å². The van der Waals surface area contributed by atoms with Gasteiger partial charge >= 0.3 is 0 Å². The Balaban J connectivity index is 2.77. The molecule has 0 saturated carbocycles. The highest BCUT2D eigenvalue weighted by molar-refractivity contribution is 6.17. The first-order chi connectivity index (χ1) is 4.13. The summed E-state index contributed by atoms with van der Waals surface area (Å²) < 4.78 is 4.57. The molecular weight excluding hydrogens is 119 g/mol. The number of hydrogen-bond donors (Lipinski definition) is 1. The average Bonchev–Trinajstić information content (AvgIpc) is 1.98. The van der Waals surface area contributed by atoms with Gasteiger partial charge in [-0.15, -0.1) is 0 Å². The average molecular weight is 124 g/mol. The normalized spacial score (nSPS) is 34.8. The minimum atomic E-state index is -1.22. The molecule has 1 N–H and O–H groups in total. The lowest BCUT2D eigenvalue weighted by molar-refractivity contribution is -0.121. The molecule has 0 aliphatic carbocycles. The highest BCUT2D eigenvalue weighted by Crippen LogP contribution is 2.15. The summed E-state index contributed by atoms with van der Waals surface area (Å²) in [6, 6.07) is -0.926. The predicted octanol–water partition coefficient (Wildman–Crippen LogP) is -1.05. The monoisotopic (exact) mass is 124 g/mol. The Morgan fingerprint density at radius 3 is 2.44 bits per heavy atom. The molecule has 0 aromatic rings.